The van der Waals surface area contributed by atoms with Crippen LogP contribution >= 0.6 is 11.3 Å². The van der Waals surface area contributed by atoms with Crippen molar-refractivity contribution in [1.29, 1.82) is 0 Å². The van der Waals surface area contributed by atoms with Gasteiger partial charge in [0.2, 0.25) is 0 Å². The van der Waals surface area contributed by atoms with E-state index in [9.17, 15) is 0 Å². The zero-order valence-electron chi connectivity index (χ0n) is 8.00. The van der Waals surface area contributed by atoms with Gasteiger partial charge in [-0.1, -0.05) is 12.2 Å². The number of hydrogen-bond donors (Lipinski definition) is 1. The van der Waals surface area contributed by atoms with E-state index in [0.29, 0.717) is 6.04 Å². The molecule has 0 aromatic carbocycles. The molecule has 1 aromatic heterocycles. The van der Waals surface area contributed by atoms with Crippen molar-refractivity contribution >= 4 is 11.3 Å². The highest BCUT2D eigenvalue weighted by Gasteiger charge is 2.11. The third-order valence-electron chi connectivity index (χ3n) is 2.33. The molecule has 2 rings (SSSR count). The minimum absolute atomic E-state index is 0.505. The van der Waals surface area contributed by atoms with Crippen molar-refractivity contribution in [3.05, 3.63) is 27.7 Å². The predicted molar refractivity (Wildman–Crippen MR) is 56.2 cm³/mol. The van der Waals surface area contributed by atoms with Crippen molar-refractivity contribution in [2.45, 2.75) is 26.3 Å². The number of hydrogen-bond acceptors (Lipinski definition) is 3. The lowest BCUT2D eigenvalue weighted by Crippen LogP contribution is -2.24. The van der Waals surface area contributed by atoms with Gasteiger partial charge in [-0.25, -0.2) is 4.98 Å². The van der Waals surface area contributed by atoms with E-state index in [2.05, 4.69) is 36.3 Å². The molecule has 1 aliphatic heterocycles. The number of nitrogens with one attached hydrogen (secondary N) is 1. The van der Waals surface area contributed by atoms with Crippen LogP contribution in [0, 0.1) is 13.8 Å². The van der Waals surface area contributed by atoms with Gasteiger partial charge in [-0.15, -0.1) is 11.3 Å². The van der Waals surface area contributed by atoms with Gasteiger partial charge in [0.15, 0.2) is 0 Å². The van der Waals surface area contributed by atoms with E-state index in [1.165, 1.54) is 15.6 Å². The molecule has 0 aliphatic carbocycles. The first-order valence-electron chi connectivity index (χ1n) is 4.58. The Kier molecular flexibility index (Phi) is 2.47. The second kappa shape index (κ2) is 3.60. The quantitative estimate of drug-likeness (QED) is 0.727. The normalized spacial score (nSPS) is 21.2. The van der Waals surface area contributed by atoms with Crippen LogP contribution in [-0.2, 0) is 6.42 Å². The van der Waals surface area contributed by atoms with E-state index in [0.717, 1.165) is 13.0 Å². The highest BCUT2D eigenvalue weighted by atomic mass is 32.1. The van der Waals surface area contributed by atoms with Gasteiger partial charge < -0.3 is 5.32 Å². The van der Waals surface area contributed by atoms with Crippen LogP contribution in [0.1, 0.15) is 15.6 Å². The fraction of sp³-hybridized carbons (Fsp3) is 0.500. The van der Waals surface area contributed by atoms with Crippen LogP contribution in [0.25, 0.3) is 0 Å². The Hall–Kier alpha value is -0.670. The lowest BCUT2D eigenvalue weighted by atomic mass is 10.2. The number of rotatable bonds is 2. The molecule has 2 heterocycles. The summed E-state index contributed by atoms with van der Waals surface area (Å²) in [6.07, 6.45) is 5.44. The minimum Gasteiger partial charge on any atom is -0.307 e. The molecule has 2 nitrogen and oxygen atoms in total. The van der Waals surface area contributed by atoms with Crippen molar-refractivity contribution in [3.8, 4) is 0 Å². The van der Waals surface area contributed by atoms with E-state index in [-0.39, 0.29) is 0 Å². The fourth-order valence-corrected chi connectivity index (χ4v) is 2.47. The van der Waals surface area contributed by atoms with Gasteiger partial charge in [0.1, 0.15) is 0 Å². The van der Waals surface area contributed by atoms with E-state index in [1.807, 2.05) is 11.3 Å². The second-order valence-electron chi connectivity index (χ2n) is 3.40. The molecule has 1 atom stereocenters. The number of nitrogens with zero attached hydrogens (tertiary/aromatic N) is 1. The smallest absolute Gasteiger partial charge is 0.0949 e. The van der Waals surface area contributed by atoms with Crippen LogP contribution < -0.4 is 5.32 Å². The average Bonchev–Trinajstić information content (AvgIpc) is 2.64. The van der Waals surface area contributed by atoms with Crippen molar-refractivity contribution in [2.24, 2.45) is 0 Å². The summed E-state index contributed by atoms with van der Waals surface area (Å²) in [6, 6.07) is 0.505. The lowest BCUT2D eigenvalue weighted by Gasteiger charge is -2.04. The molecule has 13 heavy (non-hydrogen) atoms. The zero-order chi connectivity index (χ0) is 9.26. The topological polar surface area (TPSA) is 24.9 Å². The highest BCUT2D eigenvalue weighted by Crippen LogP contribution is 2.18. The summed E-state index contributed by atoms with van der Waals surface area (Å²) in [5, 5.41) is 4.64. The summed E-state index contributed by atoms with van der Waals surface area (Å²) in [7, 11) is 0. The maximum Gasteiger partial charge on any atom is 0.0949 e. The van der Waals surface area contributed by atoms with Crippen LogP contribution in [0.15, 0.2) is 12.2 Å². The molecule has 0 bridgehead atoms. The maximum absolute atomic E-state index is 4.52. The second-order valence-corrected chi connectivity index (χ2v) is 4.68. The molecule has 1 aromatic rings. The fourth-order valence-electron chi connectivity index (χ4n) is 1.47. The van der Waals surface area contributed by atoms with Crippen molar-refractivity contribution in [1.82, 2.24) is 10.3 Å². The van der Waals surface area contributed by atoms with E-state index in [1.54, 1.807) is 0 Å². The summed E-state index contributed by atoms with van der Waals surface area (Å²) >= 11 is 1.82. The van der Waals surface area contributed by atoms with Crippen molar-refractivity contribution < 1.29 is 0 Å². The van der Waals surface area contributed by atoms with Crippen LogP contribution in [0.4, 0.5) is 0 Å². The third kappa shape index (κ3) is 1.98. The van der Waals surface area contributed by atoms with Gasteiger partial charge in [0.05, 0.1) is 10.7 Å². The molecule has 0 amide bonds. The molecular formula is C10H14N2S. The Morgan fingerprint density at radius 1 is 1.62 bits per heavy atom. The van der Waals surface area contributed by atoms with Gasteiger partial charge in [-0.3, -0.25) is 0 Å². The maximum atomic E-state index is 4.52. The molecule has 3 heteroatoms. The summed E-state index contributed by atoms with van der Waals surface area (Å²) in [6.45, 7) is 5.22. The van der Waals surface area contributed by atoms with Crippen molar-refractivity contribution in [3.63, 3.8) is 0 Å². The third-order valence-corrected chi connectivity index (χ3v) is 3.43. The largest absolute Gasteiger partial charge is 0.307 e. The van der Waals surface area contributed by atoms with E-state index < -0.39 is 0 Å². The first-order valence-corrected chi connectivity index (χ1v) is 5.40. The first-order chi connectivity index (χ1) is 6.25. The molecule has 0 saturated carbocycles. The number of aromatic nitrogens is 1. The van der Waals surface area contributed by atoms with Gasteiger partial charge in [-0.2, -0.15) is 0 Å². The standard InChI is InChI=1S/C10H14N2S/c1-7-8(2)13-10(12-7)6-9-4-3-5-11-9/h3-4,9,11H,5-6H2,1-2H3. The Morgan fingerprint density at radius 3 is 3.00 bits per heavy atom. The van der Waals surface area contributed by atoms with E-state index in [4.69, 9.17) is 0 Å². The Bertz CT molecular complexity index is 308. The van der Waals surface area contributed by atoms with Crippen LogP contribution in [0.3, 0.4) is 0 Å². The van der Waals surface area contributed by atoms with Gasteiger partial charge in [0, 0.05) is 23.9 Å². The summed E-state index contributed by atoms with van der Waals surface area (Å²) < 4.78 is 0. The predicted octanol–water partition coefficient (Wildman–Crippen LogP) is 1.83. The molecule has 0 spiro atoms. The molecular weight excluding hydrogens is 180 g/mol. The monoisotopic (exact) mass is 194 g/mol. The van der Waals surface area contributed by atoms with E-state index >= 15 is 0 Å². The number of aryl methyl sites for hydroxylation is 2. The zero-order valence-corrected chi connectivity index (χ0v) is 8.82. The van der Waals surface area contributed by atoms with Crippen LogP contribution in [0.2, 0.25) is 0 Å². The van der Waals surface area contributed by atoms with Crippen LogP contribution in [0.5, 0.6) is 0 Å². The molecule has 0 saturated heterocycles. The van der Waals surface area contributed by atoms with Gasteiger partial charge >= 0.3 is 0 Å². The molecule has 1 unspecified atom stereocenters. The molecule has 1 N–H and O–H groups in total. The molecule has 70 valence electrons. The summed E-state index contributed by atoms with van der Waals surface area (Å²) in [5.41, 5.74) is 1.18. The molecule has 1 aliphatic rings. The summed E-state index contributed by atoms with van der Waals surface area (Å²) in [4.78, 5) is 5.86. The number of thiazole rings is 1. The molecule has 0 radical (unpaired) electrons. The Morgan fingerprint density at radius 2 is 2.46 bits per heavy atom. The Labute approximate surface area is 82.7 Å². The molecule has 0 fully saturated rings. The Balaban J connectivity index is 2.05. The highest BCUT2D eigenvalue weighted by molar-refractivity contribution is 7.11. The lowest BCUT2D eigenvalue weighted by molar-refractivity contribution is 0.662. The summed E-state index contributed by atoms with van der Waals surface area (Å²) in [5.74, 6) is 0. The van der Waals surface area contributed by atoms with Crippen LogP contribution in [-0.4, -0.2) is 17.6 Å². The average molecular weight is 194 g/mol. The van der Waals surface area contributed by atoms with Gasteiger partial charge in [-0.05, 0) is 13.8 Å². The minimum atomic E-state index is 0.505. The van der Waals surface area contributed by atoms with Gasteiger partial charge in [0.25, 0.3) is 0 Å². The SMILES string of the molecule is Cc1nc(CC2C=CCN2)sc1C. The first kappa shape index (κ1) is 8.91. The van der Waals surface area contributed by atoms with Crippen molar-refractivity contribution in [2.75, 3.05) is 6.54 Å².